The van der Waals surface area contributed by atoms with E-state index in [1.165, 1.54) is 6.42 Å². The summed E-state index contributed by atoms with van der Waals surface area (Å²) in [6, 6.07) is 7.41. The van der Waals surface area contributed by atoms with Gasteiger partial charge in [-0.3, -0.25) is 4.79 Å². The summed E-state index contributed by atoms with van der Waals surface area (Å²) in [6.45, 7) is 9.07. The van der Waals surface area contributed by atoms with Gasteiger partial charge in [-0.2, -0.15) is 0 Å². The molecule has 0 atom stereocenters. The highest BCUT2D eigenvalue weighted by atomic mass is 16.1. The van der Waals surface area contributed by atoms with Crippen molar-refractivity contribution >= 4 is 10.9 Å². The van der Waals surface area contributed by atoms with Crippen LogP contribution in [0.15, 0.2) is 29.1 Å². The van der Waals surface area contributed by atoms with Crippen LogP contribution < -0.4 is 10.9 Å². The Morgan fingerprint density at radius 3 is 2.81 bits per heavy atom. The first-order valence-corrected chi connectivity index (χ1v) is 7.65. The van der Waals surface area contributed by atoms with Crippen LogP contribution >= 0.6 is 0 Å². The molecule has 1 aromatic carbocycles. The second-order valence-corrected chi connectivity index (χ2v) is 5.14. The van der Waals surface area contributed by atoms with Gasteiger partial charge in [0, 0.05) is 13.1 Å². The SMILES string of the molecule is CCCN(CC)CCNCc1nc2ccccc2c(=O)[nH]1. The predicted molar refractivity (Wildman–Crippen MR) is 86.5 cm³/mol. The third kappa shape index (κ3) is 4.37. The molecule has 2 aromatic rings. The number of nitrogens with zero attached hydrogens (tertiary/aromatic N) is 2. The maximum absolute atomic E-state index is 11.9. The molecule has 0 aliphatic rings. The summed E-state index contributed by atoms with van der Waals surface area (Å²) < 4.78 is 0. The van der Waals surface area contributed by atoms with Gasteiger partial charge in [-0.25, -0.2) is 4.98 Å². The fourth-order valence-electron chi connectivity index (χ4n) is 2.41. The molecule has 2 rings (SSSR count). The molecular weight excluding hydrogens is 264 g/mol. The lowest BCUT2D eigenvalue weighted by atomic mass is 10.2. The van der Waals surface area contributed by atoms with E-state index in [2.05, 4.69) is 34.0 Å². The number of nitrogens with one attached hydrogen (secondary N) is 2. The molecule has 1 aromatic heterocycles. The van der Waals surface area contributed by atoms with Crippen LogP contribution in [0, 0.1) is 0 Å². The van der Waals surface area contributed by atoms with Gasteiger partial charge in [0.2, 0.25) is 0 Å². The molecule has 0 unspecified atom stereocenters. The number of para-hydroxylation sites is 1. The van der Waals surface area contributed by atoms with Crippen molar-refractivity contribution in [1.29, 1.82) is 0 Å². The fraction of sp³-hybridized carbons (Fsp3) is 0.500. The molecule has 5 heteroatoms. The molecule has 114 valence electrons. The van der Waals surface area contributed by atoms with Crippen molar-refractivity contribution in [2.45, 2.75) is 26.8 Å². The van der Waals surface area contributed by atoms with Gasteiger partial charge in [-0.15, -0.1) is 0 Å². The fourth-order valence-corrected chi connectivity index (χ4v) is 2.41. The molecule has 0 aliphatic heterocycles. The third-order valence-electron chi connectivity index (χ3n) is 3.55. The lowest BCUT2D eigenvalue weighted by molar-refractivity contribution is 0.287. The van der Waals surface area contributed by atoms with Gasteiger partial charge >= 0.3 is 0 Å². The minimum Gasteiger partial charge on any atom is -0.309 e. The second-order valence-electron chi connectivity index (χ2n) is 5.14. The minimum absolute atomic E-state index is 0.0708. The van der Waals surface area contributed by atoms with Gasteiger partial charge < -0.3 is 15.2 Å². The molecule has 2 N–H and O–H groups in total. The first-order chi connectivity index (χ1) is 10.2. The summed E-state index contributed by atoms with van der Waals surface area (Å²) in [5.74, 6) is 0.692. The Hall–Kier alpha value is -1.72. The molecule has 5 nitrogen and oxygen atoms in total. The zero-order chi connectivity index (χ0) is 15.1. The molecule has 0 radical (unpaired) electrons. The summed E-state index contributed by atoms with van der Waals surface area (Å²) in [5, 5.41) is 3.98. The van der Waals surface area contributed by atoms with Crippen LogP contribution in [0.5, 0.6) is 0 Å². The van der Waals surface area contributed by atoms with Gasteiger partial charge in [-0.1, -0.05) is 26.0 Å². The Balaban J connectivity index is 1.90. The van der Waals surface area contributed by atoms with Crippen molar-refractivity contribution in [3.8, 4) is 0 Å². The van der Waals surface area contributed by atoms with Crippen molar-refractivity contribution in [2.75, 3.05) is 26.2 Å². The molecule has 0 aliphatic carbocycles. The van der Waals surface area contributed by atoms with Crippen LogP contribution in [0.25, 0.3) is 10.9 Å². The maximum atomic E-state index is 11.9. The van der Waals surface area contributed by atoms with Gasteiger partial charge in [-0.05, 0) is 31.6 Å². The number of hydrogen-bond donors (Lipinski definition) is 2. The summed E-state index contributed by atoms with van der Waals surface area (Å²) in [5.41, 5.74) is 0.679. The summed E-state index contributed by atoms with van der Waals surface area (Å²) in [7, 11) is 0. The van der Waals surface area contributed by atoms with E-state index in [9.17, 15) is 4.79 Å². The van der Waals surface area contributed by atoms with Crippen molar-refractivity contribution in [2.24, 2.45) is 0 Å². The number of likely N-dealkylation sites (N-methyl/N-ethyl adjacent to an activating group) is 1. The second kappa shape index (κ2) is 7.90. The van der Waals surface area contributed by atoms with Crippen LogP contribution in [-0.4, -0.2) is 41.0 Å². The van der Waals surface area contributed by atoms with Gasteiger partial charge in [0.15, 0.2) is 0 Å². The van der Waals surface area contributed by atoms with Crippen LogP contribution in [0.1, 0.15) is 26.1 Å². The Morgan fingerprint density at radius 1 is 1.24 bits per heavy atom. The highest BCUT2D eigenvalue weighted by molar-refractivity contribution is 5.77. The van der Waals surface area contributed by atoms with Crippen molar-refractivity contribution < 1.29 is 0 Å². The highest BCUT2D eigenvalue weighted by Crippen LogP contribution is 2.05. The van der Waals surface area contributed by atoms with Crippen LogP contribution in [0.4, 0.5) is 0 Å². The van der Waals surface area contributed by atoms with Gasteiger partial charge in [0.25, 0.3) is 5.56 Å². The molecule has 0 fully saturated rings. The normalized spacial score (nSPS) is 11.4. The molecule has 1 heterocycles. The monoisotopic (exact) mass is 288 g/mol. The van der Waals surface area contributed by atoms with Crippen molar-refractivity contribution in [3.05, 3.63) is 40.4 Å². The Kier molecular flexibility index (Phi) is 5.90. The number of rotatable bonds is 8. The highest BCUT2D eigenvalue weighted by Gasteiger charge is 2.03. The van der Waals surface area contributed by atoms with E-state index in [1.807, 2.05) is 18.2 Å². The molecule has 0 spiro atoms. The zero-order valence-electron chi connectivity index (χ0n) is 12.9. The number of benzene rings is 1. The number of aromatic amines is 1. The molecule has 0 bridgehead atoms. The minimum atomic E-state index is -0.0708. The Morgan fingerprint density at radius 2 is 2.05 bits per heavy atom. The maximum Gasteiger partial charge on any atom is 0.258 e. The number of fused-ring (bicyclic) bond motifs is 1. The molecule has 0 saturated carbocycles. The topological polar surface area (TPSA) is 61.0 Å². The number of H-pyrrole nitrogens is 1. The predicted octanol–water partition coefficient (Wildman–Crippen LogP) is 1.74. The van der Waals surface area contributed by atoms with Crippen LogP contribution in [-0.2, 0) is 6.54 Å². The quantitative estimate of drug-likeness (QED) is 0.726. The lowest BCUT2D eigenvalue weighted by Crippen LogP contribution is -2.33. The standard InChI is InChI=1S/C16H24N4O/c1-3-10-20(4-2)11-9-17-12-15-18-14-8-6-5-7-13(14)16(21)19-15/h5-8,17H,3-4,9-12H2,1-2H3,(H,18,19,21). The van der Waals surface area contributed by atoms with E-state index in [4.69, 9.17) is 0 Å². The Bertz CT molecular complexity index is 623. The molecule has 0 amide bonds. The van der Waals surface area contributed by atoms with E-state index >= 15 is 0 Å². The summed E-state index contributed by atoms with van der Waals surface area (Å²) in [4.78, 5) is 21.7. The smallest absolute Gasteiger partial charge is 0.258 e. The van der Waals surface area contributed by atoms with E-state index in [-0.39, 0.29) is 5.56 Å². The van der Waals surface area contributed by atoms with Crippen LogP contribution in [0.2, 0.25) is 0 Å². The third-order valence-corrected chi connectivity index (χ3v) is 3.55. The van der Waals surface area contributed by atoms with Gasteiger partial charge in [0.1, 0.15) is 5.82 Å². The molecule has 21 heavy (non-hydrogen) atoms. The van der Waals surface area contributed by atoms with E-state index in [0.29, 0.717) is 17.8 Å². The average Bonchev–Trinajstić information content (AvgIpc) is 2.50. The molecule has 0 saturated heterocycles. The first kappa shape index (κ1) is 15.7. The Labute approximate surface area is 125 Å². The van der Waals surface area contributed by atoms with Crippen molar-refractivity contribution in [1.82, 2.24) is 20.2 Å². The largest absolute Gasteiger partial charge is 0.309 e. The summed E-state index contributed by atoms with van der Waals surface area (Å²) in [6.07, 6.45) is 1.17. The van der Waals surface area contributed by atoms with Crippen LogP contribution in [0.3, 0.4) is 0 Å². The summed E-state index contributed by atoms with van der Waals surface area (Å²) >= 11 is 0. The van der Waals surface area contributed by atoms with Gasteiger partial charge in [0.05, 0.1) is 17.4 Å². The first-order valence-electron chi connectivity index (χ1n) is 7.65. The number of aromatic nitrogens is 2. The van der Waals surface area contributed by atoms with E-state index in [1.54, 1.807) is 6.07 Å². The molecular formula is C16H24N4O. The van der Waals surface area contributed by atoms with E-state index < -0.39 is 0 Å². The zero-order valence-corrected chi connectivity index (χ0v) is 12.9. The van der Waals surface area contributed by atoms with Crippen molar-refractivity contribution in [3.63, 3.8) is 0 Å². The van der Waals surface area contributed by atoms with E-state index in [0.717, 1.165) is 31.7 Å². The average molecular weight is 288 g/mol. The number of hydrogen-bond acceptors (Lipinski definition) is 4. The lowest BCUT2D eigenvalue weighted by Gasteiger charge is -2.19.